The largest absolute Gasteiger partial charge is 0.383 e. The van der Waals surface area contributed by atoms with Crippen LogP contribution in [0.25, 0.3) is 0 Å². The van der Waals surface area contributed by atoms with Gasteiger partial charge in [-0.25, -0.2) is 0 Å². The summed E-state index contributed by atoms with van der Waals surface area (Å²) >= 11 is 0. The molecule has 0 radical (unpaired) electrons. The summed E-state index contributed by atoms with van der Waals surface area (Å²) in [5, 5.41) is 2.91. The second kappa shape index (κ2) is 8.95. The number of nitrogens with one attached hydrogen (secondary N) is 1. The van der Waals surface area contributed by atoms with E-state index in [2.05, 4.69) is 37.4 Å². The van der Waals surface area contributed by atoms with Gasteiger partial charge in [0.05, 0.1) is 6.61 Å². The third-order valence-electron chi connectivity index (χ3n) is 3.10. The van der Waals surface area contributed by atoms with Gasteiger partial charge in [-0.3, -0.25) is 4.79 Å². The zero-order valence-corrected chi connectivity index (χ0v) is 13.4. The molecule has 2 atom stereocenters. The van der Waals surface area contributed by atoms with E-state index in [0.717, 1.165) is 6.42 Å². The number of halogens is 1. The lowest BCUT2D eigenvalue weighted by atomic mass is 10.00. The van der Waals surface area contributed by atoms with E-state index in [0.29, 0.717) is 0 Å². The van der Waals surface area contributed by atoms with Crippen molar-refractivity contribution in [2.45, 2.75) is 39.3 Å². The van der Waals surface area contributed by atoms with Crippen LogP contribution in [0.2, 0.25) is 0 Å². The zero-order valence-electron chi connectivity index (χ0n) is 12.6. The van der Waals surface area contributed by atoms with Crippen molar-refractivity contribution in [1.82, 2.24) is 5.32 Å². The number of methoxy groups -OCH3 is 1. The first-order chi connectivity index (χ1) is 8.93. The van der Waals surface area contributed by atoms with E-state index in [1.807, 2.05) is 6.92 Å². The minimum atomic E-state index is -0.605. The van der Waals surface area contributed by atoms with Crippen molar-refractivity contribution in [1.29, 1.82) is 0 Å². The van der Waals surface area contributed by atoms with E-state index in [-0.39, 0.29) is 31.0 Å². The summed E-state index contributed by atoms with van der Waals surface area (Å²) in [6.45, 7) is 6.39. The molecule has 0 bridgehead atoms. The summed E-state index contributed by atoms with van der Waals surface area (Å²) in [5.74, 6) is -0.167. The first-order valence-electron chi connectivity index (χ1n) is 6.55. The Balaban J connectivity index is 0.00000361. The molecule has 20 heavy (non-hydrogen) atoms. The molecule has 4 nitrogen and oxygen atoms in total. The maximum Gasteiger partial charge on any atom is 0.239 e. The molecule has 2 unspecified atom stereocenters. The van der Waals surface area contributed by atoms with Crippen LogP contribution in [0.3, 0.4) is 0 Å². The number of hydrogen-bond acceptors (Lipinski definition) is 3. The molecule has 1 amide bonds. The predicted octanol–water partition coefficient (Wildman–Crippen LogP) is 1.75. The molecule has 0 spiro atoms. The van der Waals surface area contributed by atoms with E-state index in [9.17, 15) is 4.79 Å². The lowest BCUT2D eigenvalue weighted by Gasteiger charge is -2.18. The predicted molar refractivity (Wildman–Crippen MR) is 84.3 cm³/mol. The molecule has 114 valence electrons. The Morgan fingerprint density at radius 2 is 2.05 bits per heavy atom. The Labute approximate surface area is 127 Å². The maximum atomic E-state index is 11.8. The fourth-order valence-electron chi connectivity index (χ4n) is 2.06. The van der Waals surface area contributed by atoms with Crippen LogP contribution in [-0.2, 0) is 16.0 Å². The maximum absolute atomic E-state index is 11.8. The second-order valence-electron chi connectivity index (χ2n) is 5.11. The number of rotatable bonds is 6. The highest BCUT2D eigenvalue weighted by Gasteiger charge is 2.16. The van der Waals surface area contributed by atoms with Crippen LogP contribution in [0.1, 0.15) is 23.6 Å². The number of hydrogen-bond donors (Lipinski definition) is 2. The van der Waals surface area contributed by atoms with Gasteiger partial charge in [0.1, 0.15) is 6.04 Å². The number of carbonyl (C=O) groups is 1. The standard InChI is InChI=1S/C15H24N2O2.ClH/c1-10-5-6-13(11(2)7-10)8-12(3)17-15(18)14(16)9-19-4;/h5-7,12,14H,8-9,16H2,1-4H3,(H,17,18);1H. The summed E-state index contributed by atoms with van der Waals surface area (Å²) in [6.07, 6.45) is 0.803. The average molecular weight is 301 g/mol. The van der Waals surface area contributed by atoms with Crippen LogP contribution in [0, 0.1) is 13.8 Å². The van der Waals surface area contributed by atoms with Crippen LogP contribution in [0.5, 0.6) is 0 Å². The van der Waals surface area contributed by atoms with E-state index >= 15 is 0 Å². The highest BCUT2D eigenvalue weighted by atomic mass is 35.5. The van der Waals surface area contributed by atoms with Crippen molar-refractivity contribution in [3.05, 3.63) is 34.9 Å². The first-order valence-corrected chi connectivity index (χ1v) is 6.55. The minimum absolute atomic E-state index is 0. The van der Waals surface area contributed by atoms with Gasteiger partial charge in [-0.05, 0) is 38.3 Å². The lowest BCUT2D eigenvalue weighted by molar-refractivity contribution is -0.124. The minimum Gasteiger partial charge on any atom is -0.383 e. The molecule has 3 N–H and O–H groups in total. The van der Waals surface area contributed by atoms with Crippen molar-refractivity contribution < 1.29 is 9.53 Å². The number of amides is 1. The van der Waals surface area contributed by atoms with Crippen LogP contribution in [0.15, 0.2) is 18.2 Å². The summed E-state index contributed by atoms with van der Waals surface area (Å²) in [7, 11) is 1.53. The molecular formula is C15H25ClN2O2. The Hall–Kier alpha value is -1.10. The van der Waals surface area contributed by atoms with Gasteiger partial charge in [0.15, 0.2) is 0 Å². The monoisotopic (exact) mass is 300 g/mol. The molecule has 0 aliphatic carbocycles. The second-order valence-corrected chi connectivity index (χ2v) is 5.11. The summed E-state index contributed by atoms with van der Waals surface area (Å²) in [5.41, 5.74) is 9.43. The van der Waals surface area contributed by atoms with Crippen molar-refractivity contribution in [3.8, 4) is 0 Å². The van der Waals surface area contributed by atoms with E-state index < -0.39 is 6.04 Å². The zero-order chi connectivity index (χ0) is 14.4. The summed E-state index contributed by atoms with van der Waals surface area (Å²) < 4.78 is 4.87. The number of ether oxygens (including phenoxy) is 1. The van der Waals surface area contributed by atoms with Crippen molar-refractivity contribution in [2.75, 3.05) is 13.7 Å². The Bertz CT molecular complexity index is 438. The average Bonchev–Trinajstić information content (AvgIpc) is 2.33. The fraction of sp³-hybridized carbons (Fsp3) is 0.533. The molecule has 1 aromatic carbocycles. The third-order valence-corrected chi connectivity index (χ3v) is 3.10. The van der Waals surface area contributed by atoms with Crippen LogP contribution < -0.4 is 11.1 Å². The van der Waals surface area contributed by atoms with Crippen molar-refractivity contribution >= 4 is 18.3 Å². The molecule has 1 rings (SSSR count). The van der Waals surface area contributed by atoms with Gasteiger partial charge in [0, 0.05) is 13.2 Å². The molecule has 0 aliphatic rings. The molecule has 0 aromatic heterocycles. The Morgan fingerprint density at radius 1 is 1.40 bits per heavy atom. The van der Waals surface area contributed by atoms with Gasteiger partial charge in [0.2, 0.25) is 5.91 Å². The van der Waals surface area contributed by atoms with Gasteiger partial charge >= 0.3 is 0 Å². The van der Waals surface area contributed by atoms with Crippen molar-refractivity contribution in [2.24, 2.45) is 5.73 Å². The van der Waals surface area contributed by atoms with E-state index in [4.69, 9.17) is 10.5 Å². The first kappa shape index (κ1) is 18.9. The molecule has 1 aromatic rings. The van der Waals surface area contributed by atoms with E-state index in [1.54, 1.807) is 0 Å². The van der Waals surface area contributed by atoms with E-state index in [1.165, 1.54) is 23.8 Å². The Kier molecular flexibility index (Phi) is 8.46. The van der Waals surface area contributed by atoms with Gasteiger partial charge in [-0.15, -0.1) is 12.4 Å². The van der Waals surface area contributed by atoms with Crippen LogP contribution >= 0.6 is 12.4 Å². The van der Waals surface area contributed by atoms with Gasteiger partial charge in [0.25, 0.3) is 0 Å². The molecule has 0 saturated heterocycles. The van der Waals surface area contributed by atoms with Crippen LogP contribution in [-0.4, -0.2) is 31.7 Å². The van der Waals surface area contributed by atoms with Crippen LogP contribution in [0.4, 0.5) is 0 Å². The molecular weight excluding hydrogens is 276 g/mol. The summed E-state index contributed by atoms with van der Waals surface area (Å²) in [6, 6.07) is 5.81. The number of carbonyl (C=O) groups excluding carboxylic acids is 1. The smallest absolute Gasteiger partial charge is 0.239 e. The fourth-order valence-corrected chi connectivity index (χ4v) is 2.06. The van der Waals surface area contributed by atoms with Gasteiger partial charge in [-0.2, -0.15) is 0 Å². The molecule has 0 fully saturated rings. The number of nitrogens with two attached hydrogens (primary N) is 1. The topological polar surface area (TPSA) is 64.3 Å². The number of aryl methyl sites for hydroxylation is 2. The Morgan fingerprint density at radius 3 is 2.60 bits per heavy atom. The summed E-state index contributed by atoms with van der Waals surface area (Å²) in [4.78, 5) is 11.8. The lowest BCUT2D eigenvalue weighted by Crippen LogP contribution is -2.47. The SMILES string of the molecule is COCC(N)C(=O)NC(C)Cc1ccc(C)cc1C.Cl. The number of benzene rings is 1. The van der Waals surface area contributed by atoms with Crippen molar-refractivity contribution in [3.63, 3.8) is 0 Å². The highest BCUT2D eigenvalue weighted by Crippen LogP contribution is 2.12. The van der Waals surface area contributed by atoms with Gasteiger partial charge in [-0.1, -0.05) is 23.8 Å². The highest BCUT2D eigenvalue weighted by molar-refractivity contribution is 5.85. The molecule has 5 heteroatoms. The normalized spacial score (nSPS) is 13.2. The molecule has 0 saturated carbocycles. The van der Waals surface area contributed by atoms with Gasteiger partial charge < -0.3 is 15.8 Å². The third kappa shape index (κ3) is 5.90. The molecule has 0 heterocycles. The molecule has 0 aliphatic heterocycles. The quantitative estimate of drug-likeness (QED) is 0.841.